The van der Waals surface area contributed by atoms with Gasteiger partial charge in [-0.25, -0.2) is 14.6 Å². The number of carbonyl (C=O) groups is 1. The number of methoxy groups -OCH3 is 1. The molecule has 0 amide bonds. The van der Waals surface area contributed by atoms with Crippen LogP contribution in [-0.2, 0) is 4.74 Å². The SMILES string of the molecule is COC(=O)c1ccc2c(c1)nc(-c1cc3ccccc3oc1=O)n2C(C)C. The van der Waals surface area contributed by atoms with Gasteiger partial charge in [0.25, 0.3) is 0 Å². The van der Waals surface area contributed by atoms with Gasteiger partial charge in [0, 0.05) is 11.4 Å². The average Bonchev–Trinajstić information content (AvgIpc) is 3.05. The van der Waals surface area contributed by atoms with E-state index in [-0.39, 0.29) is 6.04 Å². The molecule has 0 atom stereocenters. The average molecular weight is 362 g/mol. The van der Waals surface area contributed by atoms with Crippen molar-refractivity contribution >= 4 is 28.0 Å². The van der Waals surface area contributed by atoms with Crippen LogP contribution in [0.1, 0.15) is 30.2 Å². The van der Waals surface area contributed by atoms with Crippen LogP contribution in [0, 0.1) is 0 Å². The molecule has 0 saturated heterocycles. The predicted molar refractivity (Wildman–Crippen MR) is 103 cm³/mol. The van der Waals surface area contributed by atoms with Crippen LogP contribution in [-0.4, -0.2) is 22.6 Å². The van der Waals surface area contributed by atoms with Crippen molar-refractivity contribution < 1.29 is 13.9 Å². The van der Waals surface area contributed by atoms with Crippen LogP contribution in [0.3, 0.4) is 0 Å². The number of esters is 1. The number of para-hydroxylation sites is 1. The third kappa shape index (κ3) is 2.79. The fraction of sp³-hybridized carbons (Fsp3) is 0.190. The first-order chi connectivity index (χ1) is 13.0. The number of imidazole rings is 1. The molecule has 0 aliphatic heterocycles. The number of nitrogens with zero attached hydrogens (tertiary/aromatic N) is 2. The predicted octanol–water partition coefficient (Wildman–Crippen LogP) is 4.18. The third-order valence-electron chi connectivity index (χ3n) is 4.51. The van der Waals surface area contributed by atoms with Gasteiger partial charge in [-0.2, -0.15) is 0 Å². The molecule has 2 aromatic heterocycles. The van der Waals surface area contributed by atoms with Crippen LogP contribution in [0.4, 0.5) is 0 Å². The molecule has 0 unspecified atom stereocenters. The quantitative estimate of drug-likeness (QED) is 0.404. The molecule has 0 spiro atoms. The zero-order valence-corrected chi connectivity index (χ0v) is 15.2. The monoisotopic (exact) mass is 362 g/mol. The second-order valence-electron chi connectivity index (χ2n) is 6.58. The number of rotatable bonds is 3. The maximum absolute atomic E-state index is 12.6. The smallest absolute Gasteiger partial charge is 0.347 e. The van der Waals surface area contributed by atoms with Crippen LogP contribution < -0.4 is 5.63 Å². The number of ether oxygens (including phenoxy) is 1. The normalized spacial score (nSPS) is 11.4. The van der Waals surface area contributed by atoms with Gasteiger partial charge in [0.15, 0.2) is 0 Å². The summed E-state index contributed by atoms with van der Waals surface area (Å²) in [7, 11) is 1.34. The zero-order valence-electron chi connectivity index (χ0n) is 15.2. The molecule has 2 aromatic carbocycles. The number of hydrogen-bond acceptors (Lipinski definition) is 5. The van der Waals surface area contributed by atoms with E-state index in [0.29, 0.717) is 28.1 Å². The zero-order chi connectivity index (χ0) is 19.1. The van der Waals surface area contributed by atoms with Crippen molar-refractivity contribution in [3.63, 3.8) is 0 Å². The second-order valence-corrected chi connectivity index (χ2v) is 6.58. The van der Waals surface area contributed by atoms with Crippen molar-refractivity contribution in [2.75, 3.05) is 7.11 Å². The summed E-state index contributed by atoms with van der Waals surface area (Å²) in [5.74, 6) is 0.0873. The highest BCUT2D eigenvalue weighted by Crippen LogP contribution is 2.29. The van der Waals surface area contributed by atoms with Crippen molar-refractivity contribution in [1.29, 1.82) is 0 Å². The molecule has 136 valence electrons. The molecule has 4 rings (SSSR count). The Morgan fingerprint density at radius 3 is 2.67 bits per heavy atom. The van der Waals surface area contributed by atoms with Gasteiger partial charge in [-0.1, -0.05) is 18.2 Å². The first-order valence-electron chi connectivity index (χ1n) is 8.63. The van der Waals surface area contributed by atoms with Gasteiger partial charge in [0.05, 0.1) is 23.7 Å². The van der Waals surface area contributed by atoms with E-state index < -0.39 is 11.6 Å². The Kier molecular flexibility index (Phi) is 4.03. The molecule has 27 heavy (non-hydrogen) atoms. The van der Waals surface area contributed by atoms with Gasteiger partial charge in [-0.15, -0.1) is 0 Å². The largest absolute Gasteiger partial charge is 0.465 e. The molecule has 6 nitrogen and oxygen atoms in total. The molecular formula is C21H18N2O4. The highest BCUT2D eigenvalue weighted by molar-refractivity contribution is 5.94. The summed E-state index contributed by atoms with van der Waals surface area (Å²) in [4.78, 5) is 29.1. The van der Waals surface area contributed by atoms with Crippen molar-refractivity contribution in [2.45, 2.75) is 19.9 Å². The lowest BCUT2D eigenvalue weighted by Gasteiger charge is -2.13. The number of carbonyl (C=O) groups excluding carboxylic acids is 1. The number of fused-ring (bicyclic) bond motifs is 2. The highest BCUT2D eigenvalue weighted by atomic mass is 16.5. The molecule has 6 heteroatoms. The minimum Gasteiger partial charge on any atom is -0.465 e. The van der Waals surface area contributed by atoms with Crippen LogP contribution in [0.25, 0.3) is 33.4 Å². The minimum absolute atomic E-state index is 0.0554. The first kappa shape index (κ1) is 17.0. The van der Waals surface area contributed by atoms with Crippen molar-refractivity contribution in [1.82, 2.24) is 9.55 Å². The van der Waals surface area contributed by atoms with Crippen molar-refractivity contribution in [2.24, 2.45) is 0 Å². The van der Waals surface area contributed by atoms with Crippen molar-refractivity contribution in [3.8, 4) is 11.4 Å². The Bertz CT molecular complexity index is 1230. The summed E-state index contributed by atoms with van der Waals surface area (Å²) in [6, 6.07) is 14.4. The van der Waals surface area contributed by atoms with Gasteiger partial charge in [0.2, 0.25) is 0 Å². The van der Waals surface area contributed by atoms with Gasteiger partial charge in [-0.05, 0) is 44.2 Å². The molecular weight excluding hydrogens is 344 g/mol. The van der Waals surface area contributed by atoms with E-state index >= 15 is 0 Å². The summed E-state index contributed by atoms with van der Waals surface area (Å²) in [5, 5.41) is 0.824. The Labute approximate surface area is 155 Å². The lowest BCUT2D eigenvalue weighted by molar-refractivity contribution is 0.0601. The second kappa shape index (κ2) is 6.39. The number of benzene rings is 2. The highest BCUT2D eigenvalue weighted by Gasteiger charge is 2.20. The van der Waals surface area contributed by atoms with E-state index in [9.17, 15) is 9.59 Å². The van der Waals surface area contributed by atoms with E-state index in [1.165, 1.54) is 7.11 Å². The molecule has 4 aromatic rings. The maximum atomic E-state index is 12.6. The van der Waals surface area contributed by atoms with Gasteiger partial charge in [-0.3, -0.25) is 0 Å². The fourth-order valence-electron chi connectivity index (χ4n) is 3.27. The van der Waals surface area contributed by atoms with Crippen LogP contribution in [0.5, 0.6) is 0 Å². The van der Waals surface area contributed by atoms with Gasteiger partial charge < -0.3 is 13.7 Å². The van der Waals surface area contributed by atoms with Crippen LogP contribution in [0.15, 0.2) is 57.7 Å². The molecule has 0 aliphatic rings. The van der Waals surface area contributed by atoms with E-state index in [1.54, 1.807) is 24.3 Å². The summed E-state index contributed by atoms with van der Waals surface area (Å²) in [5.41, 5.74) is 2.34. The molecule has 0 radical (unpaired) electrons. The number of aromatic nitrogens is 2. The molecule has 0 saturated carbocycles. The van der Waals surface area contributed by atoms with Crippen LogP contribution in [0.2, 0.25) is 0 Å². The summed E-state index contributed by atoms with van der Waals surface area (Å²) in [6.07, 6.45) is 0. The van der Waals surface area contributed by atoms with Gasteiger partial charge in [0.1, 0.15) is 17.0 Å². The molecule has 0 N–H and O–H groups in total. The van der Waals surface area contributed by atoms with E-state index in [2.05, 4.69) is 4.98 Å². The third-order valence-corrected chi connectivity index (χ3v) is 4.51. The molecule has 0 aliphatic carbocycles. The minimum atomic E-state index is -0.445. The van der Waals surface area contributed by atoms with E-state index in [4.69, 9.17) is 9.15 Å². The Hall–Kier alpha value is -3.41. The topological polar surface area (TPSA) is 74.3 Å². The molecule has 2 heterocycles. The fourth-order valence-corrected chi connectivity index (χ4v) is 3.27. The standard InChI is InChI=1S/C21H18N2O4/c1-12(2)23-17-9-8-14(20(24)26-3)11-16(17)22-19(23)15-10-13-6-4-5-7-18(13)27-21(15)25/h4-12H,1-3H3. The summed E-state index contributed by atoms with van der Waals surface area (Å²) in [6.45, 7) is 4.03. The molecule has 0 fully saturated rings. The van der Waals surface area contributed by atoms with E-state index in [1.807, 2.05) is 42.7 Å². The summed E-state index contributed by atoms with van der Waals surface area (Å²) < 4.78 is 12.2. The maximum Gasteiger partial charge on any atom is 0.347 e. The lowest BCUT2D eigenvalue weighted by Crippen LogP contribution is -2.10. The number of hydrogen-bond donors (Lipinski definition) is 0. The first-order valence-corrected chi connectivity index (χ1v) is 8.63. The Morgan fingerprint density at radius 2 is 1.93 bits per heavy atom. The lowest BCUT2D eigenvalue weighted by atomic mass is 10.1. The van der Waals surface area contributed by atoms with Crippen molar-refractivity contribution in [3.05, 3.63) is 64.5 Å². The van der Waals surface area contributed by atoms with E-state index in [0.717, 1.165) is 10.9 Å². The Balaban J connectivity index is 2.01. The van der Waals surface area contributed by atoms with Gasteiger partial charge >= 0.3 is 11.6 Å². The summed E-state index contributed by atoms with van der Waals surface area (Å²) >= 11 is 0. The Morgan fingerprint density at radius 1 is 1.15 bits per heavy atom. The van der Waals surface area contributed by atoms with Crippen LogP contribution >= 0.6 is 0 Å². The molecule has 0 bridgehead atoms.